The number of carbonyl (C=O) groups excluding carboxylic acids is 1. The molecule has 1 amide bonds. The molecule has 1 aromatic carbocycles. The fourth-order valence-corrected chi connectivity index (χ4v) is 1.90. The third-order valence-electron chi connectivity index (χ3n) is 2.75. The minimum Gasteiger partial charge on any atom is -0.313 e. The Morgan fingerprint density at radius 1 is 1.50 bits per heavy atom. The first-order valence-electron chi connectivity index (χ1n) is 5.55. The van der Waals surface area contributed by atoms with E-state index in [0.717, 1.165) is 11.9 Å². The molecule has 2 N–H and O–H groups in total. The van der Waals surface area contributed by atoms with Gasteiger partial charge in [0.15, 0.2) is 0 Å². The molecule has 0 aliphatic rings. The first-order chi connectivity index (χ1) is 8.69. The molecule has 2 rings (SSSR count). The number of nitrogens with zero attached hydrogens (tertiary/aromatic N) is 1. The Kier molecular flexibility index (Phi) is 3.32. The van der Waals surface area contributed by atoms with E-state index >= 15 is 0 Å². The topological polar surface area (TPSA) is 65.8 Å². The number of amides is 1. The lowest BCUT2D eigenvalue weighted by Crippen LogP contribution is -2.21. The van der Waals surface area contributed by atoms with Crippen LogP contribution in [0.3, 0.4) is 0 Å². The van der Waals surface area contributed by atoms with Crippen LogP contribution in [0.4, 0.5) is 4.39 Å². The summed E-state index contributed by atoms with van der Waals surface area (Å²) < 4.78 is 13.9. The number of fused-ring (bicyclic) bond motifs is 1. The molecule has 0 saturated carbocycles. The zero-order chi connectivity index (χ0) is 13.1. The van der Waals surface area contributed by atoms with Crippen molar-refractivity contribution in [2.75, 3.05) is 0 Å². The second-order valence-corrected chi connectivity index (χ2v) is 3.76. The number of aromatic nitrogens is 1. The second kappa shape index (κ2) is 4.91. The molecule has 2 aromatic rings. The van der Waals surface area contributed by atoms with Gasteiger partial charge in [-0.3, -0.25) is 15.2 Å². The summed E-state index contributed by atoms with van der Waals surface area (Å²) in [6, 6.07) is 4.46. The maximum Gasteiger partial charge on any atom is 0.257 e. The fraction of sp³-hybridized carbons (Fsp3) is 0.154. The summed E-state index contributed by atoms with van der Waals surface area (Å²) in [6.07, 6.45) is 2.95. The average Bonchev–Trinajstić information content (AvgIpc) is 2.39. The van der Waals surface area contributed by atoms with Gasteiger partial charge in [-0.2, -0.15) is 0 Å². The number of benzene rings is 1. The highest BCUT2D eigenvalue weighted by Crippen LogP contribution is 2.24. The number of hydrogen-bond donors (Lipinski definition) is 2. The summed E-state index contributed by atoms with van der Waals surface area (Å²) in [5.41, 5.74) is 1.57. The van der Waals surface area contributed by atoms with E-state index in [1.807, 2.05) is 6.92 Å². The zero-order valence-corrected chi connectivity index (χ0v) is 9.83. The van der Waals surface area contributed by atoms with Gasteiger partial charge in [0.2, 0.25) is 0 Å². The van der Waals surface area contributed by atoms with E-state index in [4.69, 9.17) is 5.41 Å². The molecule has 0 saturated heterocycles. The van der Waals surface area contributed by atoms with Crippen LogP contribution in [-0.2, 0) is 6.42 Å². The Morgan fingerprint density at radius 2 is 2.28 bits per heavy atom. The number of nitrogens with one attached hydrogen (secondary N) is 2. The molecular formula is C13H12FN3O. The Hall–Kier alpha value is -2.30. The van der Waals surface area contributed by atoms with Gasteiger partial charge in [0.1, 0.15) is 5.82 Å². The van der Waals surface area contributed by atoms with Crippen LogP contribution in [0.1, 0.15) is 22.8 Å². The smallest absolute Gasteiger partial charge is 0.257 e. The van der Waals surface area contributed by atoms with Crippen LogP contribution < -0.4 is 5.32 Å². The SMILES string of the molecule is CCc1ccc(F)c2c(C(=O)NC=N)ccnc12. The normalized spacial score (nSPS) is 10.3. The highest BCUT2D eigenvalue weighted by molar-refractivity contribution is 6.09. The largest absolute Gasteiger partial charge is 0.313 e. The Morgan fingerprint density at radius 3 is 2.94 bits per heavy atom. The van der Waals surface area contributed by atoms with Gasteiger partial charge in [0.05, 0.1) is 17.4 Å². The van der Waals surface area contributed by atoms with Crippen LogP contribution in [0, 0.1) is 11.2 Å². The van der Waals surface area contributed by atoms with E-state index in [1.54, 1.807) is 6.07 Å². The average molecular weight is 245 g/mol. The molecule has 0 bridgehead atoms. The van der Waals surface area contributed by atoms with Crippen LogP contribution in [-0.4, -0.2) is 17.2 Å². The van der Waals surface area contributed by atoms with Crippen molar-refractivity contribution in [3.8, 4) is 0 Å². The van der Waals surface area contributed by atoms with Gasteiger partial charge in [-0.15, -0.1) is 0 Å². The van der Waals surface area contributed by atoms with Gasteiger partial charge < -0.3 is 5.32 Å². The number of halogens is 1. The molecule has 0 unspecified atom stereocenters. The van der Waals surface area contributed by atoms with Crippen molar-refractivity contribution < 1.29 is 9.18 Å². The van der Waals surface area contributed by atoms with Crippen LogP contribution >= 0.6 is 0 Å². The van der Waals surface area contributed by atoms with Crippen molar-refractivity contribution in [2.24, 2.45) is 0 Å². The lowest BCUT2D eigenvalue weighted by atomic mass is 10.0. The molecule has 0 atom stereocenters. The predicted molar refractivity (Wildman–Crippen MR) is 67.3 cm³/mol. The van der Waals surface area contributed by atoms with Crippen LogP contribution in [0.5, 0.6) is 0 Å². The van der Waals surface area contributed by atoms with Crippen molar-refractivity contribution in [1.29, 1.82) is 5.41 Å². The summed E-state index contributed by atoms with van der Waals surface area (Å²) in [7, 11) is 0. The molecule has 1 heterocycles. The van der Waals surface area contributed by atoms with Crippen molar-refractivity contribution in [3.63, 3.8) is 0 Å². The molecule has 0 aliphatic heterocycles. The highest BCUT2D eigenvalue weighted by atomic mass is 19.1. The maximum absolute atomic E-state index is 13.9. The Balaban J connectivity index is 2.75. The van der Waals surface area contributed by atoms with Crippen molar-refractivity contribution in [2.45, 2.75) is 13.3 Å². The van der Waals surface area contributed by atoms with Gasteiger partial charge in [-0.25, -0.2) is 4.39 Å². The van der Waals surface area contributed by atoms with Gasteiger partial charge in [0.25, 0.3) is 5.91 Å². The van der Waals surface area contributed by atoms with E-state index in [-0.39, 0.29) is 10.9 Å². The minimum atomic E-state index is -0.510. The zero-order valence-electron chi connectivity index (χ0n) is 9.83. The molecule has 0 spiro atoms. The molecular weight excluding hydrogens is 233 g/mol. The number of aryl methyl sites for hydroxylation is 1. The van der Waals surface area contributed by atoms with E-state index in [9.17, 15) is 9.18 Å². The molecule has 1 aromatic heterocycles. The van der Waals surface area contributed by atoms with E-state index in [0.29, 0.717) is 11.9 Å². The van der Waals surface area contributed by atoms with Gasteiger partial charge in [-0.1, -0.05) is 13.0 Å². The summed E-state index contributed by atoms with van der Waals surface area (Å²) in [5.74, 6) is -0.991. The minimum absolute atomic E-state index is 0.191. The van der Waals surface area contributed by atoms with Crippen molar-refractivity contribution in [1.82, 2.24) is 10.3 Å². The third kappa shape index (κ3) is 1.95. The van der Waals surface area contributed by atoms with Crippen LogP contribution in [0.15, 0.2) is 24.4 Å². The summed E-state index contributed by atoms with van der Waals surface area (Å²) in [4.78, 5) is 15.9. The monoisotopic (exact) mass is 245 g/mol. The molecule has 0 aliphatic carbocycles. The lowest BCUT2D eigenvalue weighted by Gasteiger charge is -2.08. The molecule has 0 fully saturated rings. The van der Waals surface area contributed by atoms with Gasteiger partial charge >= 0.3 is 0 Å². The Labute approximate surface area is 103 Å². The Bertz CT molecular complexity index is 625. The molecule has 18 heavy (non-hydrogen) atoms. The van der Waals surface area contributed by atoms with Crippen LogP contribution in [0.25, 0.3) is 10.9 Å². The van der Waals surface area contributed by atoms with Gasteiger partial charge in [-0.05, 0) is 24.1 Å². The number of hydrogen-bond acceptors (Lipinski definition) is 3. The number of rotatable bonds is 3. The highest BCUT2D eigenvalue weighted by Gasteiger charge is 2.15. The lowest BCUT2D eigenvalue weighted by molar-refractivity contribution is 0.0979. The van der Waals surface area contributed by atoms with Crippen LogP contribution in [0.2, 0.25) is 0 Å². The van der Waals surface area contributed by atoms with Gasteiger partial charge in [0, 0.05) is 11.6 Å². The fourth-order valence-electron chi connectivity index (χ4n) is 1.90. The molecule has 4 nitrogen and oxygen atoms in total. The van der Waals surface area contributed by atoms with E-state index < -0.39 is 11.7 Å². The molecule has 92 valence electrons. The summed E-state index contributed by atoms with van der Waals surface area (Å²) in [5, 5.41) is 9.29. The van der Waals surface area contributed by atoms with E-state index in [1.165, 1.54) is 18.3 Å². The number of pyridine rings is 1. The van der Waals surface area contributed by atoms with Crippen molar-refractivity contribution in [3.05, 3.63) is 41.3 Å². The van der Waals surface area contributed by atoms with Crippen molar-refractivity contribution >= 4 is 23.1 Å². The maximum atomic E-state index is 13.9. The molecule has 5 heteroatoms. The summed E-state index contributed by atoms with van der Waals surface area (Å²) in [6.45, 7) is 1.94. The summed E-state index contributed by atoms with van der Waals surface area (Å²) >= 11 is 0. The first-order valence-corrected chi connectivity index (χ1v) is 5.55. The third-order valence-corrected chi connectivity index (χ3v) is 2.75. The predicted octanol–water partition coefficient (Wildman–Crippen LogP) is 2.27. The first kappa shape index (κ1) is 12.2. The molecule has 0 radical (unpaired) electrons. The second-order valence-electron chi connectivity index (χ2n) is 3.76. The standard InChI is InChI=1S/C13H12FN3O/c1-2-8-3-4-10(14)11-9(13(18)17-7-15)5-6-16-12(8)11/h3-7H,2H2,1H3,(H2,15,17,18). The number of carbonyl (C=O) groups is 1. The quantitative estimate of drug-likeness (QED) is 0.643. The van der Waals surface area contributed by atoms with E-state index in [2.05, 4.69) is 10.3 Å².